The average Bonchev–Trinajstić information content (AvgIpc) is 2.75. The quantitative estimate of drug-likeness (QED) is 0.891. The molecule has 0 unspecified atom stereocenters. The Bertz CT molecular complexity index is 527. The zero-order valence-corrected chi connectivity index (χ0v) is 11.9. The van der Waals surface area contributed by atoms with Gasteiger partial charge in [-0.05, 0) is 45.6 Å². The lowest BCUT2D eigenvalue weighted by Gasteiger charge is -2.06. The van der Waals surface area contributed by atoms with Crippen molar-refractivity contribution in [3.8, 4) is 0 Å². The van der Waals surface area contributed by atoms with E-state index in [1.54, 1.807) is 29.5 Å². The predicted octanol–water partition coefficient (Wildman–Crippen LogP) is 4.35. The molecule has 0 aliphatic rings. The maximum Gasteiger partial charge on any atom is 0.229 e. The summed E-state index contributed by atoms with van der Waals surface area (Å²) in [6.45, 7) is 0. The molecule has 2 rings (SSSR count). The number of hydrogen-bond donors (Lipinski definition) is 1. The zero-order valence-electron chi connectivity index (χ0n) is 8.74. The molecule has 2 nitrogen and oxygen atoms in total. The Kier molecular flexibility index (Phi) is 4.20. The highest BCUT2D eigenvalue weighted by Gasteiger charge is 2.07. The average molecular weight is 331 g/mol. The van der Waals surface area contributed by atoms with Crippen molar-refractivity contribution in [3.63, 3.8) is 0 Å². The van der Waals surface area contributed by atoms with Crippen LogP contribution in [0.1, 0.15) is 4.88 Å². The third-order valence-corrected chi connectivity index (χ3v) is 3.89. The third kappa shape index (κ3) is 3.56. The molecule has 0 saturated carbocycles. The van der Waals surface area contributed by atoms with Gasteiger partial charge in [0.25, 0.3) is 0 Å². The SMILES string of the molecule is O=C(Cc1cccs1)Nc1ccc(Cl)cc1Br. The van der Waals surface area contributed by atoms with E-state index in [1.165, 1.54) is 0 Å². The van der Waals surface area contributed by atoms with Crippen LogP contribution in [0.25, 0.3) is 0 Å². The normalized spacial score (nSPS) is 10.2. The summed E-state index contributed by atoms with van der Waals surface area (Å²) in [5.41, 5.74) is 0.732. The van der Waals surface area contributed by atoms with Gasteiger partial charge in [-0.1, -0.05) is 17.7 Å². The lowest BCUT2D eigenvalue weighted by Crippen LogP contribution is -2.13. The fourth-order valence-electron chi connectivity index (χ4n) is 1.36. The molecule has 88 valence electrons. The van der Waals surface area contributed by atoms with Gasteiger partial charge in [-0.15, -0.1) is 11.3 Å². The van der Waals surface area contributed by atoms with E-state index in [0.717, 1.165) is 15.0 Å². The number of carbonyl (C=O) groups excluding carboxylic acids is 1. The molecule has 1 amide bonds. The summed E-state index contributed by atoms with van der Waals surface area (Å²) >= 11 is 10.8. The number of amides is 1. The van der Waals surface area contributed by atoms with Gasteiger partial charge in [0.15, 0.2) is 0 Å². The van der Waals surface area contributed by atoms with E-state index >= 15 is 0 Å². The standard InChI is InChI=1S/C12H9BrClNOS/c13-10-6-8(14)3-4-11(10)15-12(16)7-9-2-1-5-17-9/h1-6H,7H2,(H,15,16). The maximum absolute atomic E-state index is 11.8. The number of hydrogen-bond acceptors (Lipinski definition) is 2. The Morgan fingerprint density at radius 2 is 2.24 bits per heavy atom. The fraction of sp³-hybridized carbons (Fsp3) is 0.0833. The Morgan fingerprint density at radius 3 is 2.88 bits per heavy atom. The van der Waals surface area contributed by atoms with E-state index in [-0.39, 0.29) is 5.91 Å². The van der Waals surface area contributed by atoms with Gasteiger partial charge in [0.05, 0.1) is 12.1 Å². The first kappa shape index (κ1) is 12.6. The Balaban J connectivity index is 2.03. The van der Waals surface area contributed by atoms with Gasteiger partial charge in [0, 0.05) is 14.4 Å². The molecule has 1 N–H and O–H groups in total. The van der Waals surface area contributed by atoms with E-state index < -0.39 is 0 Å². The maximum atomic E-state index is 11.8. The smallest absolute Gasteiger partial charge is 0.229 e. The molecule has 0 bridgehead atoms. The molecule has 0 fully saturated rings. The summed E-state index contributed by atoms with van der Waals surface area (Å²) in [7, 11) is 0. The molecule has 0 atom stereocenters. The topological polar surface area (TPSA) is 29.1 Å². The first-order chi connectivity index (χ1) is 8.15. The van der Waals surface area contributed by atoms with Crippen molar-refractivity contribution in [1.29, 1.82) is 0 Å². The first-order valence-corrected chi connectivity index (χ1v) is 6.97. The van der Waals surface area contributed by atoms with Crippen LogP contribution in [0.2, 0.25) is 5.02 Å². The molecule has 5 heteroatoms. The molecule has 1 aromatic heterocycles. The zero-order chi connectivity index (χ0) is 12.3. The minimum Gasteiger partial charge on any atom is -0.325 e. The number of carbonyl (C=O) groups is 1. The van der Waals surface area contributed by atoms with Crippen molar-refractivity contribution >= 4 is 50.5 Å². The van der Waals surface area contributed by atoms with Gasteiger partial charge in [-0.2, -0.15) is 0 Å². The second kappa shape index (κ2) is 5.67. The Labute approximate surface area is 117 Å². The van der Waals surface area contributed by atoms with Crippen LogP contribution < -0.4 is 5.32 Å². The monoisotopic (exact) mass is 329 g/mol. The van der Waals surface area contributed by atoms with Gasteiger partial charge in [-0.3, -0.25) is 4.79 Å². The van der Waals surface area contributed by atoms with E-state index in [9.17, 15) is 4.79 Å². The van der Waals surface area contributed by atoms with Crippen LogP contribution in [0.15, 0.2) is 40.2 Å². The van der Waals surface area contributed by atoms with Crippen molar-refractivity contribution in [2.75, 3.05) is 5.32 Å². The minimum absolute atomic E-state index is 0.0320. The van der Waals surface area contributed by atoms with E-state index in [1.807, 2.05) is 17.5 Å². The Hall–Kier alpha value is -0.840. The molecule has 0 aliphatic heterocycles. The van der Waals surface area contributed by atoms with Crippen LogP contribution >= 0.6 is 38.9 Å². The van der Waals surface area contributed by atoms with Crippen molar-refractivity contribution in [3.05, 3.63) is 50.1 Å². The summed E-state index contributed by atoms with van der Waals surface area (Å²) in [6, 6.07) is 9.15. The molecule has 17 heavy (non-hydrogen) atoms. The van der Waals surface area contributed by atoms with Crippen molar-refractivity contribution < 1.29 is 4.79 Å². The molecular formula is C12H9BrClNOS. The van der Waals surface area contributed by atoms with Gasteiger partial charge in [0.2, 0.25) is 5.91 Å². The molecule has 0 saturated heterocycles. The highest BCUT2D eigenvalue weighted by molar-refractivity contribution is 9.10. The molecule has 0 spiro atoms. The highest BCUT2D eigenvalue weighted by Crippen LogP contribution is 2.26. The van der Waals surface area contributed by atoms with Crippen LogP contribution in [-0.2, 0) is 11.2 Å². The highest BCUT2D eigenvalue weighted by atomic mass is 79.9. The van der Waals surface area contributed by atoms with Crippen LogP contribution in [0.3, 0.4) is 0 Å². The van der Waals surface area contributed by atoms with E-state index in [0.29, 0.717) is 11.4 Å². The number of halogens is 2. The van der Waals surface area contributed by atoms with Gasteiger partial charge in [-0.25, -0.2) is 0 Å². The lowest BCUT2D eigenvalue weighted by molar-refractivity contribution is -0.115. The molecule has 1 heterocycles. The van der Waals surface area contributed by atoms with Crippen molar-refractivity contribution in [1.82, 2.24) is 0 Å². The fourth-order valence-corrected chi connectivity index (χ4v) is 2.84. The summed E-state index contributed by atoms with van der Waals surface area (Å²) in [4.78, 5) is 12.8. The molecule has 0 aliphatic carbocycles. The number of benzene rings is 1. The van der Waals surface area contributed by atoms with Crippen molar-refractivity contribution in [2.24, 2.45) is 0 Å². The van der Waals surface area contributed by atoms with Gasteiger partial charge < -0.3 is 5.32 Å². The lowest BCUT2D eigenvalue weighted by atomic mass is 10.3. The Morgan fingerprint density at radius 1 is 1.41 bits per heavy atom. The summed E-state index contributed by atoms with van der Waals surface area (Å²) in [6.07, 6.45) is 0.396. The van der Waals surface area contributed by atoms with Crippen LogP contribution in [-0.4, -0.2) is 5.91 Å². The van der Waals surface area contributed by atoms with Crippen LogP contribution in [0, 0.1) is 0 Å². The summed E-state index contributed by atoms with van der Waals surface area (Å²) in [5.74, 6) is -0.0320. The molecule has 2 aromatic rings. The third-order valence-electron chi connectivity index (χ3n) is 2.12. The second-order valence-corrected chi connectivity index (χ2v) is 5.75. The summed E-state index contributed by atoms with van der Waals surface area (Å²) in [5, 5.41) is 5.43. The number of rotatable bonds is 3. The van der Waals surface area contributed by atoms with Gasteiger partial charge in [0.1, 0.15) is 0 Å². The molecular weight excluding hydrogens is 322 g/mol. The second-order valence-electron chi connectivity index (χ2n) is 3.43. The van der Waals surface area contributed by atoms with E-state index in [2.05, 4.69) is 21.2 Å². The number of nitrogens with one attached hydrogen (secondary N) is 1. The minimum atomic E-state index is -0.0320. The molecule has 0 radical (unpaired) electrons. The number of thiophene rings is 1. The number of anilines is 1. The predicted molar refractivity (Wildman–Crippen MR) is 75.8 cm³/mol. The van der Waals surface area contributed by atoms with Gasteiger partial charge >= 0.3 is 0 Å². The van der Waals surface area contributed by atoms with Crippen LogP contribution in [0.4, 0.5) is 5.69 Å². The van der Waals surface area contributed by atoms with E-state index in [4.69, 9.17) is 11.6 Å². The van der Waals surface area contributed by atoms with Crippen molar-refractivity contribution in [2.45, 2.75) is 6.42 Å². The molecule has 1 aromatic carbocycles. The summed E-state index contributed by atoms with van der Waals surface area (Å²) < 4.78 is 0.782. The largest absolute Gasteiger partial charge is 0.325 e. The first-order valence-electron chi connectivity index (χ1n) is 4.92. The van der Waals surface area contributed by atoms with Crippen LogP contribution in [0.5, 0.6) is 0 Å².